The molecule has 0 bridgehead atoms. The SMILES string of the molecule is Cc1noc(C)c1CC(=O)Nc1ccc(-c2cc3ccccc3o2)cc1. The lowest BCUT2D eigenvalue weighted by atomic mass is 10.1. The summed E-state index contributed by atoms with van der Waals surface area (Å²) < 4.78 is 11.0. The highest BCUT2D eigenvalue weighted by Gasteiger charge is 2.13. The quantitative estimate of drug-likeness (QED) is 0.571. The molecule has 0 saturated carbocycles. The molecule has 0 saturated heterocycles. The maximum absolute atomic E-state index is 12.3. The van der Waals surface area contributed by atoms with Crippen LogP contribution >= 0.6 is 0 Å². The molecular weight excluding hydrogens is 328 g/mol. The van der Waals surface area contributed by atoms with Crippen molar-refractivity contribution in [2.24, 2.45) is 0 Å². The van der Waals surface area contributed by atoms with Gasteiger partial charge in [-0.3, -0.25) is 4.79 Å². The van der Waals surface area contributed by atoms with Crippen LogP contribution in [0, 0.1) is 13.8 Å². The molecule has 26 heavy (non-hydrogen) atoms. The van der Waals surface area contributed by atoms with Crippen molar-refractivity contribution < 1.29 is 13.7 Å². The van der Waals surface area contributed by atoms with Gasteiger partial charge < -0.3 is 14.3 Å². The number of aromatic nitrogens is 1. The third kappa shape index (κ3) is 3.11. The Hall–Kier alpha value is -3.34. The molecule has 5 nitrogen and oxygen atoms in total. The minimum Gasteiger partial charge on any atom is -0.456 e. The number of carbonyl (C=O) groups is 1. The number of aryl methyl sites for hydroxylation is 2. The van der Waals surface area contributed by atoms with E-state index in [1.165, 1.54) is 0 Å². The van der Waals surface area contributed by atoms with E-state index in [-0.39, 0.29) is 12.3 Å². The van der Waals surface area contributed by atoms with E-state index in [9.17, 15) is 4.79 Å². The van der Waals surface area contributed by atoms with E-state index in [1.807, 2.05) is 68.4 Å². The lowest BCUT2D eigenvalue weighted by Gasteiger charge is -2.06. The van der Waals surface area contributed by atoms with Crippen LogP contribution in [0.4, 0.5) is 5.69 Å². The van der Waals surface area contributed by atoms with Crippen molar-refractivity contribution in [2.75, 3.05) is 5.32 Å². The second-order valence-corrected chi connectivity index (χ2v) is 6.25. The second-order valence-electron chi connectivity index (χ2n) is 6.25. The Bertz CT molecular complexity index is 1020. The van der Waals surface area contributed by atoms with Gasteiger partial charge in [0.05, 0.1) is 12.1 Å². The molecule has 0 aliphatic carbocycles. The zero-order chi connectivity index (χ0) is 18.1. The molecular formula is C21H18N2O3. The molecule has 1 N–H and O–H groups in total. The third-order valence-corrected chi connectivity index (χ3v) is 4.40. The highest BCUT2D eigenvalue weighted by atomic mass is 16.5. The van der Waals surface area contributed by atoms with Crippen LogP contribution in [-0.2, 0) is 11.2 Å². The maximum atomic E-state index is 12.3. The summed E-state index contributed by atoms with van der Waals surface area (Å²) in [6.07, 6.45) is 0.243. The Morgan fingerprint density at radius 2 is 1.85 bits per heavy atom. The van der Waals surface area contributed by atoms with Crippen molar-refractivity contribution in [3.05, 3.63) is 71.6 Å². The highest BCUT2D eigenvalue weighted by molar-refractivity contribution is 5.92. The van der Waals surface area contributed by atoms with Crippen molar-refractivity contribution >= 4 is 22.6 Å². The minimum absolute atomic E-state index is 0.101. The molecule has 0 aliphatic rings. The van der Waals surface area contributed by atoms with Crippen LogP contribution in [0.5, 0.6) is 0 Å². The number of carbonyl (C=O) groups excluding carboxylic acids is 1. The van der Waals surface area contributed by atoms with E-state index in [4.69, 9.17) is 8.94 Å². The minimum atomic E-state index is -0.101. The molecule has 2 aromatic carbocycles. The summed E-state index contributed by atoms with van der Waals surface area (Å²) in [4.78, 5) is 12.3. The molecule has 2 heterocycles. The summed E-state index contributed by atoms with van der Waals surface area (Å²) >= 11 is 0. The first kappa shape index (κ1) is 16.1. The zero-order valence-electron chi connectivity index (χ0n) is 14.6. The third-order valence-electron chi connectivity index (χ3n) is 4.40. The molecule has 0 unspecified atom stereocenters. The van der Waals surface area contributed by atoms with E-state index in [0.29, 0.717) is 5.76 Å². The number of hydrogen-bond acceptors (Lipinski definition) is 4. The Balaban J connectivity index is 1.48. The average molecular weight is 346 g/mol. The number of amides is 1. The first-order valence-corrected chi connectivity index (χ1v) is 8.41. The van der Waals surface area contributed by atoms with Gasteiger partial charge >= 0.3 is 0 Å². The molecule has 0 radical (unpaired) electrons. The summed E-state index contributed by atoms with van der Waals surface area (Å²) in [5.41, 5.74) is 4.14. The van der Waals surface area contributed by atoms with E-state index in [0.717, 1.165) is 39.2 Å². The molecule has 2 aromatic heterocycles. The zero-order valence-corrected chi connectivity index (χ0v) is 14.6. The number of anilines is 1. The van der Waals surface area contributed by atoms with Crippen LogP contribution in [0.15, 0.2) is 63.5 Å². The molecule has 0 spiro atoms. The molecule has 0 fully saturated rings. The van der Waals surface area contributed by atoms with Gasteiger partial charge in [0.1, 0.15) is 17.1 Å². The van der Waals surface area contributed by atoms with Crippen LogP contribution < -0.4 is 5.32 Å². The van der Waals surface area contributed by atoms with E-state index in [1.54, 1.807) is 0 Å². The normalized spacial score (nSPS) is 11.0. The highest BCUT2D eigenvalue weighted by Crippen LogP contribution is 2.28. The van der Waals surface area contributed by atoms with Crippen LogP contribution in [-0.4, -0.2) is 11.1 Å². The van der Waals surface area contributed by atoms with Crippen molar-refractivity contribution in [1.82, 2.24) is 5.16 Å². The van der Waals surface area contributed by atoms with Crippen LogP contribution in [0.1, 0.15) is 17.0 Å². The van der Waals surface area contributed by atoms with Crippen molar-refractivity contribution in [2.45, 2.75) is 20.3 Å². The van der Waals surface area contributed by atoms with Crippen molar-refractivity contribution in [1.29, 1.82) is 0 Å². The Morgan fingerprint density at radius 3 is 2.54 bits per heavy atom. The summed E-state index contributed by atoms with van der Waals surface area (Å²) in [6.45, 7) is 3.64. The summed E-state index contributed by atoms with van der Waals surface area (Å²) in [7, 11) is 0. The summed E-state index contributed by atoms with van der Waals surface area (Å²) in [6, 6.07) is 17.5. The van der Waals surface area contributed by atoms with Gasteiger partial charge in [0.15, 0.2) is 0 Å². The standard InChI is InChI=1S/C21H18N2O3/c1-13-18(14(2)26-23-13)12-21(24)22-17-9-7-15(8-10-17)20-11-16-5-3-4-6-19(16)25-20/h3-11H,12H2,1-2H3,(H,22,24). The predicted molar refractivity (Wildman–Crippen MR) is 100.0 cm³/mol. The van der Waals surface area contributed by atoms with Gasteiger partial charge in [0, 0.05) is 22.2 Å². The molecule has 0 aliphatic heterocycles. The molecule has 1 amide bonds. The number of furan rings is 1. The average Bonchev–Trinajstić information content (AvgIpc) is 3.21. The van der Waals surface area contributed by atoms with Gasteiger partial charge in [-0.1, -0.05) is 23.4 Å². The summed E-state index contributed by atoms with van der Waals surface area (Å²) in [5, 5.41) is 7.84. The van der Waals surface area contributed by atoms with E-state index >= 15 is 0 Å². The predicted octanol–water partition coefficient (Wildman–Crippen LogP) is 4.89. The van der Waals surface area contributed by atoms with Gasteiger partial charge in [-0.25, -0.2) is 0 Å². The molecule has 130 valence electrons. The lowest BCUT2D eigenvalue weighted by molar-refractivity contribution is -0.115. The fourth-order valence-corrected chi connectivity index (χ4v) is 2.96. The van der Waals surface area contributed by atoms with Crippen molar-refractivity contribution in [3.8, 4) is 11.3 Å². The Labute approximate surface area is 150 Å². The monoisotopic (exact) mass is 346 g/mol. The molecule has 0 atom stereocenters. The number of fused-ring (bicyclic) bond motifs is 1. The van der Waals surface area contributed by atoms with E-state index < -0.39 is 0 Å². The van der Waals surface area contributed by atoms with Crippen molar-refractivity contribution in [3.63, 3.8) is 0 Å². The number of hydrogen-bond donors (Lipinski definition) is 1. The summed E-state index contributed by atoms with van der Waals surface area (Å²) in [5.74, 6) is 1.38. The van der Waals surface area contributed by atoms with Crippen LogP contribution in [0.2, 0.25) is 0 Å². The Morgan fingerprint density at radius 1 is 1.08 bits per heavy atom. The van der Waals surface area contributed by atoms with Gasteiger partial charge in [-0.2, -0.15) is 0 Å². The molecule has 4 rings (SSSR count). The molecule has 5 heteroatoms. The fraction of sp³-hybridized carbons (Fsp3) is 0.143. The van der Waals surface area contributed by atoms with E-state index in [2.05, 4.69) is 10.5 Å². The lowest BCUT2D eigenvalue weighted by Crippen LogP contribution is -2.15. The largest absolute Gasteiger partial charge is 0.456 e. The van der Waals surface area contributed by atoms with Crippen LogP contribution in [0.25, 0.3) is 22.3 Å². The number of nitrogens with zero attached hydrogens (tertiary/aromatic N) is 1. The number of nitrogens with one attached hydrogen (secondary N) is 1. The number of rotatable bonds is 4. The first-order valence-electron chi connectivity index (χ1n) is 8.41. The molecule has 4 aromatic rings. The van der Waals surface area contributed by atoms with Gasteiger partial charge in [0.2, 0.25) is 5.91 Å². The second kappa shape index (κ2) is 6.52. The first-order chi connectivity index (χ1) is 12.6. The van der Waals surface area contributed by atoms with Gasteiger partial charge in [-0.15, -0.1) is 0 Å². The Kier molecular flexibility index (Phi) is 4.05. The maximum Gasteiger partial charge on any atom is 0.228 e. The topological polar surface area (TPSA) is 68.3 Å². The smallest absolute Gasteiger partial charge is 0.228 e. The number of benzene rings is 2. The van der Waals surface area contributed by atoms with Gasteiger partial charge in [0.25, 0.3) is 0 Å². The number of para-hydroxylation sites is 1. The van der Waals surface area contributed by atoms with Gasteiger partial charge in [-0.05, 0) is 50.2 Å². The van der Waals surface area contributed by atoms with Crippen LogP contribution in [0.3, 0.4) is 0 Å². The fourth-order valence-electron chi connectivity index (χ4n) is 2.96.